The summed E-state index contributed by atoms with van der Waals surface area (Å²) >= 11 is 9.49. The second-order valence-corrected chi connectivity index (χ2v) is 5.68. The van der Waals surface area contributed by atoms with Gasteiger partial charge >= 0.3 is 0 Å². The molecule has 0 saturated carbocycles. The van der Waals surface area contributed by atoms with Gasteiger partial charge in [-0.1, -0.05) is 51.8 Å². The van der Waals surface area contributed by atoms with E-state index in [0.29, 0.717) is 16.1 Å². The number of hydrogen-bond acceptors (Lipinski definition) is 2. The molecule has 20 heavy (non-hydrogen) atoms. The second kappa shape index (κ2) is 5.35. The number of hydrogen-bond donors (Lipinski definition) is 0. The van der Waals surface area contributed by atoms with Crippen LogP contribution in [0.2, 0.25) is 5.02 Å². The zero-order chi connectivity index (χ0) is 14.1. The van der Waals surface area contributed by atoms with Crippen LogP contribution < -0.4 is 0 Å². The smallest absolute Gasteiger partial charge is 0.196 e. The Morgan fingerprint density at radius 3 is 2.65 bits per heavy atom. The van der Waals surface area contributed by atoms with E-state index in [1.807, 2.05) is 24.3 Å². The van der Waals surface area contributed by atoms with Gasteiger partial charge in [-0.05, 0) is 23.6 Å². The highest BCUT2D eigenvalue weighted by Crippen LogP contribution is 2.26. The molecule has 0 bridgehead atoms. The van der Waals surface area contributed by atoms with Gasteiger partial charge in [0, 0.05) is 33.4 Å². The average Bonchev–Trinajstić information content (AvgIpc) is 2.46. The molecule has 0 radical (unpaired) electrons. The van der Waals surface area contributed by atoms with Gasteiger partial charge in [0.05, 0.1) is 5.02 Å². The number of fused-ring (bicyclic) bond motifs is 1. The molecule has 0 unspecified atom stereocenters. The minimum atomic E-state index is -0.119. The molecule has 3 aromatic rings. The van der Waals surface area contributed by atoms with Crippen LogP contribution in [0.1, 0.15) is 15.9 Å². The van der Waals surface area contributed by atoms with Crippen molar-refractivity contribution < 1.29 is 4.79 Å². The maximum absolute atomic E-state index is 12.7. The molecule has 0 atom stereocenters. The molecular weight excluding hydrogens is 338 g/mol. The van der Waals surface area contributed by atoms with Crippen LogP contribution in [0.25, 0.3) is 10.8 Å². The highest BCUT2D eigenvalue weighted by atomic mass is 79.9. The van der Waals surface area contributed by atoms with Crippen LogP contribution in [-0.4, -0.2) is 10.8 Å². The van der Waals surface area contributed by atoms with Crippen molar-refractivity contribution in [2.75, 3.05) is 0 Å². The zero-order valence-corrected chi connectivity index (χ0v) is 12.6. The highest BCUT2D eigenvalue weighted by molar-refractivity contribution is 9.10. The standard InChI is InChI=1S/C16H9BrClNO/c17-11-5-6-13(15(18)7-11)16(20)14-9-19-8-10-3-1-2-4-12(10)14/h1-9H. The predicted molar refractivity (Wildman–Crippen MR) is 84.3 cm³/mol. The van der Waals surface area contributed by atoms with E-state index in [9.17, 15) is 4.79 Å². The Kier molecular flexibility index (Phi) is 3.55. The van der Waals surface area contributed by atoms with Crippen molar-refractivity contribution in [2.24, 2.45) is 0 Å². The van der Waals surface area contributed by atoms with Gasteiger partial charge in [0.2, 0.25) is 0 Å². The number of carbonyl (C=O) groups excluding carboxylic acids is 1. The second-order valence-electron chi connectivity index (χ2n) is 4.36. The summed E-state index contributed by atoms with van der Waals surface area (Å²) in [5.74, 6) is -0.119. The Morgan fingerprint density at radius 1 is 1.05 bits per heavy atom. The van der Waals surface area contributed by atoms with Gasteiger partial charge in [-0.3, -0.25) is 9.78 Å². The summed E-state index contributed by atoms with van der Waals surface area (Å²) in [5.41, 5.74) is 1.04. The van der Waals surface area contributed by atoms with Crippen molar-refractivity contribution in [3.8, 4) is 0 Å². The van der Waals surface area contributed by atoms with Gasteiger partial charge in [0.25, 0.3) is 0 Å². The molecule has 0 fully saturated rings. The molecule has 0 aliphatic carbocycles. The Hall–Kier alpha value is -1.71. The molecule has 4 heteroatoms. The lowest BCUT2D eigenvalue weighted by atomic mass is 10.00. The van der Waals surface area contributed by atoms with E-state index in [1.54, 1.807) is 30.6 Å². The van der Waals surface area contributed by atoms with E-state index in [4.69, 9.17) is 11.6 Å². The van der Waals surface area contributed by atoms with E-state index in [-0.39, 0.29) is 5.78 Å². The Labute approximate surface area is 129 Å². The van der Waals surface area contributed by atoms with Gasteiger partial charge in [0.15, 0.2) is 5.78 Å². The molecule has 0 aliphatic rings. The maximum atomic E-state index is 12.7. The molecule has 0 N–H and O–H groups in total. The normalized spacial score (nSPS) is 10.7. The predicted octanol–water partition coefficient (Wildman–Crippen LogP) is 4.88. The molecule has 3 rings (SSSR count). The van der Waals surface area contributed by atoms with E-state index in [1.165, 1.54) is 0 Å². The van der Waals surface area contributed by atoms with E-state index in [2.05, 4.69) is 20.9 Å². The van der Waals surface area contributed by atoms with Crippen molar-refractivity contribution in [3.63, 3.8) is 0 Å². The van der Waals surface area contributed by atoms with Crippen LogP contribution in [0, 0.1) is 0 Å². The Bertz CT molecular complexity index is 811. The topological polar surface area (TPSA) is 30.0 Å². The molecule has 1 heterocycles. The molecule has 0 spiro atoms. The highest BCUT2D eigenvalue weighted by Gasteiger charge is 2.15. The fourth-order valence-electron chi connectivity index (χ4n) is 2.12. The Morgan fingerprint density at radius 2 is 1.85 bits per heavy atom. The minimum absolute atomic E-state index is 0.119. The van der Waals surface area contributed by atoms with Crippen molar-refractivity contribution in [1.82, 2.24) is 4.98 Å². The van der Waals surface area contributed by atoms with Crippen molar-refractivity contribution in [3.05, 3.63) is 75.5 Å². The number of rotatable bonds is 2. The SMILES string of the molecule is O=C(c1ccc(Br)cc1Cl)c1cncc2ccccc12. The third kappa shape index (κ3) is 2.35. The summed E-state index contributed by atoms with van der Waals surface area (Å²) in [5, 5.41) is 2.25. The molecule has 2 nitrogen and oxygen atoms in total. The van der Waals surface area contributed by atoms with Crippen LogP contribution in [-0.2, 0) is 0 Å². The van der Waals surface area contributed by atoms with E-state index >= 15 is 0 Å². The van der Waals surface area contributed by atoms with Crippen molar-refractivity contribution >= 4 is 44.1 Å². The minimum Gasteiger partial charge on any atom is -0.288 e. The van der Waals surface area contributed by atoms with Gasteiger partial charge in [-0.2, -0.15) is 0 Å². The molecular formula is C16H9BrClNO. The van der Waals surface area contributed by atoms with Crippen molar-refractivity contribution in [1.29, 1.82) is 0 Å². The monoisotopic (exact) mass is 345 g/mol. The molecule has 1 aromatic heterocycles. The maximum Gasteiger partial charge on any atom is 0.196 e. The van der Waals surface area contributed by atoms with Crippen LogP contribution in [0.15, 0.2) is 59.3 Å². The van der Waals surface area contributed by atoms with Crippen LogP contribution >= 0.6 is 27.5 Å². The lowest BCUT2D eigenvalue weighted by molar-refractivity contribution is 0.104. The number of aromatic nitrogens is 1. The van der Waals surface area contributed by atoms with Crippen LogP contribution in [0.4, 0.5) is 0 Å². The number of benzene rings is 2. The number of carbonyl (C=O) groups is 1. The summed E-state index contributed by atoms with van der Waals surface area (Å²) in [4.78, 5) is 16.8. The number of halogens is 2. The number of pyridine rings is 1. The summed E-state index contributed by atoms with van der Waals surface area (Å²) in [6.45, 7) is 0. The van der Waals surface area contributed by atoms with Gasteiger partial charge < -0.3 is 0 Å². The van der Waals surface area contributed by atoms with Crippen LogP contribution in [0.3, 0.4) is 0 Å². The lowest BCUT2D eigenvalue weighted by Gasteiger charge is -2.07. The molecule has 2 aromatic carbocycles. The van der Waals surface area contributed by atoms with Crippen molar-refractivity contribution in [2.45, 2.75) is 0 Å². The van der Waals surface area contributed by atoms with E-state index < -0.39 is 0 Å². The van der Waals surface area contributed by atoms with E-state index in [0.717, 1.165) is 15.2 Å². The third-order valence-electron chi connectivity index (χ3n) is 3.09. The number of nitrogens with zero attached hydrogens (tertiary/aromatic N) is 1. The average molecular weight is 347 g/mol. The fraction of sp³-hybridized carbons (Fsp3) is 0. The summed E-state index contributed by atoms with van der Waals surface area (Å²) < 4.78 is 0.843. The summed E-state index contributed by atoms with van der Waals surface area (Å²) in [6, 6.07) is 12.9. The van der Waals surface area contributed by atoms with Gasteiger partial charge in [0.1, 0.15) is 0 Å². The molecule has 0 amide bonds. The fourth-order valence-corrected chi connectivity index (χ4v) is 2.88. The molecule has 0 aliphatic heterocycles. The van der Waals surface area contributed by atoms with Crippen LogP contribution in [0.5, 0.6) is 0 Å². The first-order valence-corrected chi connectivity index (χ1v) is 7.16. The Balaban J connectivity index is 2.18. The quantitative estimate of drug-likeness (QED) is 0.619. The van der Waals surface area contributed by atoms with Gasteiger partial charge in [-0.25, -0.2) is 0 Å². The first-order valence-electron chi connectivity index (χ1n) is 5.99. The first kappa shape index (κ1) is 13.3. The first-order chi connectivity index (χ1) is 9.66. The molecule has 0 saturated heterocycles. The zero-order valence-electron chi connectivity index (χ0n) is 10.3. The molecule has 98 valence electrons. The number of ketones is 1. The summed E-state index contributed by atoms with van der Waals surface area (Å²) in [7, 11) is 0. The summed E-state index contributed by atoms with van der Waals surface area (Å²) in [6.07, 6.45) is 3.33. The van der Waals surface area contributed by atoms with Gasteiger partial charge in [-0.15, -0.1) is 0 Å². The lowest BCUT2D eigenvalue weighted by Crippen LogP contribution is -2.03. The largest absolute Gasteiger partial charge is 0.288 e. The third-order valence-corrected chi connectivity index (χ3v) is 3.89.